The summed E-state index contributed by atoms with van der Waals surface area (Å²) in [5.74, 6) is 3.51. The molecular formula is C50H39NS. The van der Waals surface area contributed by atoms with Gasteiger partial charge in [0.2, 0.25) is 0 Å². The fraction of sp³-hybridized carbons (Fsp3) is 0.200. The van der Waals surface area contributed by atoms with Crippen LogP contribution in [0.3, 0.4) is 0 Å². The Morgan fingerprint density at radius 3 is 1.96 bits per heavy atom. The van der Waals surface area contributed by atoms with Crippen LogP contribution in [0.25, 0.3) is 53.2 Å². The predicted octanol–water partition coefficient (Wildman–Crippen LogP) is 14.1. The van der Waals surface area contributed by atoms with Crippen molar-refractivity contribution >= 4 is 59.3 Å². The van der Waals surface area contributed by atoms with Crippen LogP contribution in [-0.2, 0) is 5.41 Å². The van der Waals surface area contributed by atoms with E-state index >= 15 is 0 Å². The van der Waals surface area contributed by atoms with Crippen LogP contribution in [0.4, 0.5) is 17.1 Å². The second-order valence-electron chi connectivity index (χ2n) is 16.1. The maximum absolute atomic E-state index is 2.55. The molecule has 1 aromatic heterocycles. The number of rotatable bonds is 4. The molecule has 1 nitrogen and oxygen atoms in total. The molecule has 13 rings (SSSR count). The summed E-state index contributed by atoms with van der Waals surface area (Å²) in [4.78, 5) is 2.45. The van der Waals surface area contributed by atoms with Gasteiger partial charge in [0.15, 0.2) is 0 Å². The van der Waals surface area contributed by atoms with Crippen LogP contribution in [0.1, 0.15) is 43.2 Å². The molecule has 4 bridgehead atoms. The topological polar surface area (TPSA) is 3.24 Å². The standard InChI is InChI=1S/C50H39NS/c1-2-10-40-34(8-1)9-7-14-47(40)51(39-21-23-49-44(30-39)42-12-4-6-15-48(42)52-49)38-19-16-33(17-20-38)35-18-22-46-43(29-35)41-11-3-5-13-45(41)50(46)36-25-31-24-32(27-36)28-37(50)26-31/h1-23,29-32,36-37H,24-28H2. The maximum Gasteiger partial charge on any atom is 0.0540 e. The van der Waals surface area contributed by atoms with Gasteiger partial charge in [0, 0.05) is 42.3 Å². The highest BCUT2D eigenvalue weighted by atomic mass is 32.1. The molecule has 1 spiro atoms. The number of thiophene rings is 1. The van der Waals surface area contributed by atoms with Gasteiger partial charge in [-0.3, -0.25) is 0 Å². The molecule has 0 radical (unpaired) electrons. The van der Waals surface area contributed by atoms with Gasteiger partial charge in [0.1, 0.15) is 0 Å². The molecule has 5 aliphatic rings. The maximum atomic E-state index is 2.55. The van der Waals surface area contributed by atoms with Crippen molar-refractivity contribution in [3.8, 4) is 22.3 Å². The molecule has 0 saturated heterocycles. The summed E-state index contributed by atoms with van der Waals surface area (Å²) in [5.41, 5.74) is 12.6. The monoisotopic (exact) mass is 685 g/mol. The van der Waals surface area contributed by atoms with E-state index in [2.05, 4.69) is 157 Å². The smallest absolute Gasteiger partial charge is 0.0540 e. The molecule has 8 aromatic rings. The van der Waals surface area contributed by atoms with Crippen molar-refractivity contribution in [1.82, 2.24) is 0 Å². The number of hydrogen-bond donors (Lipinski definition) is 0. The lowest BCUT2D eigenvalue weighted by molar-refractivity contribution is -0.0399. The second-order valence-corrected chi connectivity index (χ2v) is 17.2. The van der Waals surface area contributed by atoms with Crippen LogP contribution in [0.15, 0.2) is 152 Å². The summed E-state index contributed by atoms with van der Waals surface area (Å²) >= 11 is 1.88. The van der Waals surface area contributed by atoms with Gasteiger partial charge >= 0.3 is 0 Å². The minimum atomic E-state index is 0.218. The fourth-order valence-electron chi connectivity index (χ4n) is 11.8. The summed E-state index contributed by atoms with van der Waals surface area (Å²) in [6.07, 6.45) is 7.18. The quantitative estimate of drug-likeness (QED) is 0.178. The van der Waals surface area contributed by atoms with Crippen molar-refractivity contribution in [2.75, 3.05) is 4.90 Å². The Kier molecular flexibility index (Phi) is 6.17. The van der Waals surface area contributed by atoms with Crippen LogP contribution >= 0.6 is 11.3 Å². The minimum absolute atomic E-state index is 0.218. The van der Waals surface area contributed by atoms with Gasteiger partial charge in [0.25, 0.3) is 0 Å². The number of benzene rings is 7. The zero-order valence-corrected chi connectivity index (χ0v) is 30.0. The first-order valence-electron chi connectivity index (χ1n) is 19.3. The SMILES string of the molecule is c1ccc2c(c1)-c1cc(-c3ccc(N(c4ccc5sc6ccccc6c5c4)c4cccc5ccccc45)cc3)ccc1C21C2CC3CC(C2)CC1C3. The Bertz CT molecular complexity index is 2680. The van der Waals surface area contributed by atoms with Gasteiger partial charge in [-0.2, -0.15) is 0 Å². The molecule has 52 heavy (non-hydrogen) atoms. The van der Waals surface area contributed by atoms with Crippen molar-refractivity contribution in [2.24, 2.45) is 23.7 Å². The lowest BCUT2D eigenvalue weighted by Gasteiger charge is -2.61. The summed E-state index contributed by atoms with van der Waals surface area (Å²) in [6.45, 7) is 0. The van der Waals surface area contributed by atoms with E-state index in [1.54, 1.807) is 11.1 Å². The molecule has 0 aliphatic heterocycles. The van der Waals surface area contributed by atoms with Gasteiger partial charge in [-0.1, -0.05) is 103 Å². The first kappa shape index (κ1) is 29.4. The fourth-order valence-corrected chi connectivity index (χ4v) is 12.9. The third-order valence-corrected chi connectivity index (χ3v) is 14.8. The molecule has 5 aliphatic carbocycles. The lowest BCUT2D eigenvalue weighted by Crippen LogP contribution is -2.55. The number of fused-ring (bicyclic) bond motifs is 7. The van der Waals surface area contributed by atoms with E-state index in [4.69, 9.17) is 0 Å². The molecule has 0 N–H and O–H groups in total. The van der Waals surface area contributed by atoms with E-state index in [9.17, 15) is 0 Å². The summed E-state index contributed by atoms with van der Waals surface area (Å²) in [5, 5.41) is 5.14. The molecule has 0 atom stereocenters. The normalized spacial score (nSPS) is 23.8. The van der Waals surface area contributed by atoms with E-state index < -0.39 is 0 Å². The van der Waals surface area contributed by atoms with E-state index in [1.165, 1.54) is 96.7 Å². The Labute approximate surface area is 309 Å². The highest BCUT2D eigenvalue weighted by Crippen LogP contribution is 2.69. The molecule has 7 aromatic carbocycles. The molecule has 0 unspecified atom stereocenters. The van der Waals surface area contributed by atoms with Crippen molar-refractivity contribution in [3.63, 3.8) is 0 Å². The number of hydrogen-bond acceptors (Lipinski definition) is 2. The molecule has 250 valence electrons. The van der Waals surface area contributed by atoms with E-state index in [0.717, 1.165) is 29.4 Å². The molecular weight excluding hydrogens is 647 g/mol. The van der Waals surface area contributed by atoms with Gasteiger partial charge in [-0.15, -0.1) is 11.3 Å². The minimum Gasteiger partial charge on any atom is -0.310 e. The van der Waals surface area contributed by atoms with Crippen LogP contribution < -0.4 is 4.90 Å². The lowest BCUT2D eigenvalue weighted by atomic mass is 9.43. The summed E-state index contributed by atoms with van der Waals surface area (Å²) in [7, 11) is 0. The highest BCUT2D eigenvalue weighted by Gasteiger charge is 2.61. The Morgan fingerprint density at radius 2 is 1.12 bits per heavy atom. The van der Waals surface area contributed by atoms with E-state index in [0.29, 0.717) is 0 Å². The third-order valence-electron chi connectivity index (χ3n) is 13.6. The average Bonchev–Trinajstić information content (AvgIpc) is 3.70. The largest absolute Gasteiger partial charge is 0.310 e. The van der Waals surface area contributed by atoms with Crippen molar-refractivity contribution in [1.29, 1.82) is 0 Å². The molecule has 0 amide bonds. The number of nitrogens with zero attached hydrogens (tertiary/aromatic N) is 1. The second kappa shape index (κ2) is 10.9. The first-order chi connectivity index (χ1) is 25.7. The first-order valence-corrected chi connectivity index (χ1v) is 20.1. The molecule has 2 heteroatoms. The van der Waals surface area contributed by atoms with Crippen LogP contribution in [0.2, 0.25) is 0 Å². The number of anilines is 3. The van der Waals surface area contributed by atoms with Crippen LogP contribution in [0.5, 0.6) is 0 Å². The van der Waals surface area contributed by atoms with Gasteiger partial charge in [-0.05, 0) is 143 Å². The molecule has 1 heterocycles. The zero-order valence-electron chi connectivity index (χ0n) is 29.1. The summed E-state index contributed by atoms with van der Waals surface area (Å²) < 4.78 is 2.66. The van der Waals surface area contributed by atoms with Gasteiger partial charge in [0.05, 0.1) is 5.69 Å². The Hall–Kier alpha value is -5.18. The van der Waals surface area contributed by atoms with Crippen LogP contribution in [-0.4, -0.2) is 0 Å². The van der Waals surface area contributed by atoms with Gasteiger partial charge < -0.3 is 4.90 Å². The highest BCUT2D eigenvalue weighted by molar-refractivity contribution is 7.25. The van der Waals surface area contributed by atoms with Crippen LogP contribution in [0, 0.1) is 23.7 Å². The van der Waals surface area contributed by atoms with Gasteiger partial charge in [-0.25, -0.2) is 0 Å². The molecule has 4 fully saturated rings. The zero-order chi connectivity index (χ0) is 34.0. The Balaban J connectivity index is 0.979. The van der Waals surface area contributed by atoms with Crippen molar-refractivity contribution in [2.45, 2.75) is 37.5 Å². The summed E-state index contributed by atoms with van der Waals surface area (Å²) in [6, 6.07) is 57.5. The Morgan fingerprint density at radius 1 is 0.462 bits per heavy atom. The molecule has 4 saturated carbocycles. The van der Waals surface area contributed by atoms with E-state index in [1.807, 2.05) is 11.3 Å². The predicted molar refractivity (Wildman–Crippen MR) is 220 cm³/mol. The van der Waals surface area contributed by atoms with Crippen molar-refractivity contribution in [3.05, 3.63) is 163 Å². The average molecular weight is 686 g/mol. The van der Waals surface area contributed by atoms with E-state index in [-0.39, 0.29) is 5.41 Å². The third kappa shape index (κ3) is 4.05. The van der Waals surface area contributed by atoms with Crippen molar-refractivity contribution < 1.29 is 0 Å².